The Morgan fingerprint density at radius 1 is 1.50 bits per heavy atom. The van der Waals surface area contributed by atoms with Crippen LogP contribution in [0.5, 0.6) is 0 Å². The number of nitrogens with zero attached hydrogens (tertiary/aromatic N) is 3. The Bertz CT molecular complexity index is 616. The number of carbonyl (C=O) groups excluding carboxylic acids is 1. The quantitative estimate of drug-likeness (QED) is 0.868. The molecule has 0 aromatic carbocycles. The molecule has 0 bridgehead atoms. The van der Waals surface area contributed by atoms with Gasteiger partial charge in [-0.15, -0.1) is 0 Å². The molecule has 0 saturated carbocycles. The van der Waals surface area contributed by atoms with Crippen molar-refractivity contribution in [3.8, 4) is 0 Å². The van der Waals surface area contributed by atoms with E-state index in [9.17, 15) is 9.59 Å². The van der Waals surface area contributed by atoms with Gasteiger partial charge >= 0.3 is 5.97 Å². The molecule has 0 atom stereocenters. The lowest BCUT2D eigenvalue weighted by molar-refractivity contribution is 0.0697. The first-order valence-corrected chi connectivity index (χ1v) is 5.77. The smallest absolute Gasteiger partial charge is 0.340 e. The minimum Gasteiger partial charge on any atom is -0.478 e. The van der Waals surface area contributed by atoms with Gasteiger partial charge in [-0.05, 0) is 24.5 Å². The minimum atomic E-state index is -1.11. The van der Waals surface area contributed by atoms with Crippen molar-refractivity contribution in [2.75, 3.05) is 5.32 Å². The highest BCUT2D eigenvalue weighted by molar-refractivity contribution is 7.11. The monoisotopic (exact) mass is 266 g/mol. The zero-order valence-corrected chi connectivity index (χ0v) is 10.5. The van der Waals surface area contributed by atoms with E-state index in [-0.39, 0.29) is 10.6 Å². The summed E-state index contributed by atoms with van der Waals surface area (Å²) in [5, 5.41) is 15.7. The summed E-state index contributed by atoms with van der Waals surface area (Å²) in [6, 6.07) is 1.55. The Morgan fingerprint density at radius 2 is 2.22 bits per heavy atom. The Balaban J connectivity index is 2.28. The molecule has 2 aromatic rings. The molecule has 8 heteroatoms. The molecule has 0 aliphatic carbocycles. The first-order valence-electron chi connectivity index (χ1n) is 4.99. The van der Waals surface area contributed by atoms with Gasteiger partial charge in [0.1, 0.15) is 16.3 Å². The largest absolute Gasteiger partial charge is 0.478 e. The number of aromatic nitrogens is 3. The molecule has 0 aliphatic heterocycles. The van der Waals surface area contributed by atoms with Gasteiger partial charge in [0.15, 0.2) is 0 Å². The van der Waals surface area contributed by atoms with E-state index in [1.54, 1.807) is 20.0 Å². The third-order valence-electron chi connectivity index (χ3n) is 2.36. The van der Waals surface area contributed by atoms with E-state index in [4.69, 9.17) is 5.11 Å². The SMILES string of the molecule is Cc1nsc(NC(=O)c2ccnn2C)c1C(=O)O. The maximum atomic E-state index is 11.9. The van der Waals surface area contributed by atoms with Crippen molar-refractivity contribution in [1.82, 2.24) is 14.2 Å². The maximum Gasteiger partial charge on any atom is 0.340 e. The number of aryl methyl sites for hydroxylation is 2. The fraction of sp³-hybridized carbons (Fsp3) is 0.200. The van der Waals surface area contributed by atoms with E-state index in [2.05, 4.69) is 14.8 Å². The standard InChI is InChI=1S/C10H10N4O3S/c1-5-7(10(16)17)9(18-13-5)12-8(15)6-3-4-11-14(6)2/h3-4H,1-2H3,(H,12,15)(H,16,17). The molecular formula is C10H10N4O3S. The number of rotatable bonds is 3. The van der Waals surface area contributed by atoms with Crippen LogP contribution in [-0.2, 0) is 7.05 Å². The first-order chi connectivity index (χ1) is 8.50. The predicted molar refractivity (Wildman–Crippen MR) is 65.0 cm³/mol. The molecule has 18 heavy (non-hydrogen) atoms. The molecule has 2 aromatic heterocycles. The molecule has 2 N–H and O–H groups in total. The molecule has 2 rings (SSSR count). The summed E-state index contributed by atoms with van der Waals surface area (Å²) in [7, 11) is 1.63. The van der Waals surface area contributed by atoms with Gasteiger partial charge in [0.2, 0.25) is 0 Å². The summed E-state index contributed by atoms with van der Waals surface area (Å²) >= 11 is 0.944. The van der Waals surface area contributed by atoms with Crippen LogP contribution in [0.2, 0.25) is 0 Å². The van der Waals surface area contributed by atoms with E-state index >= 15 is 0 Å². The number of amides is 1. The normalized spacial score (nSPS) is 10.3. The third kappa shape index (κ3) is 2.09. The molecule has 0 fully saturated rings. The lowest BCUT2D eigenvalue weighted by Gasteiger charge is -2.03. The van der Waals surface area contributed by atoms with Gasteiger partial charge in [-0.2, -0.15) is 9.47 Å². The van der Waals surface area contributed by atoms with Crippen molar-refractivity contribution in [1.29, 1.82) is 0 Å². The average molecular weight is 266 g/mol. The summed E-state index contributed by atoms with van der Waals surface area (Å²) < 4.78 is 5.32. The van der Waals surface area contributed by atoms with E-state index < -0.39 is 11.9 Å². The number of carboxylic acid groups (broad SMARTS) is 1. The lowest BCUT2D eigenvalue weighted by atomic mass is 10.2. The highest BCUT2D eigenvalue weighted by Gasteiger charge is 2.20. The van der Waals surface area contributed by atoms with E-state index in [0.29, 0.717) is 11.4 Å². The van der Waals surface area contributed by atoms with Gasteiger partial charge in [0, 0.05) is 13.2 Å². The summed E-state index contributed by atoms with van der Waals surface area (Å²) in [6.45, 7) is 1.58. The van der Waals surface area contributed by atoms with Crippen molar-refractivity contribution < 1.29 is 14.7 Å². The fourth-order valence-electron chi connectivity index (χ4n) is 1.47. The van der Waals surface area contributed by atoms with Crippen LogP contribution in [0.1, 0.15) is 26.5 Å². The second-order valence-electron chi connectivity index (χ2n) is 3.57. The minimum absolute atomic E-state index is 0.0236. The molecule has 0 unspecified atom stereocenters. The van der Waals surface area contributed by atoms with Crippen molar-refractivity contribution >= 4 is 28.4 Å². The van der Waals surface area contributed by atoms with E-state index in [1.165, 1.54) is 10.9 Å². The molecule has 0 aliphatic rings. The van der Waals surface area contributed by atoms with Crippen molar-refractivity contribution in [3.63, 3.8) is 0 Å². The Hall–Kier alpha value is -2.22. The molecule has 0 radical (unpaired) electrons. The number of hydrogen-bond acceptors (Lipinski definition) is 5. The van der Waals surface area contributed by atoms with Crippen LogP contribution in [0.15, 0.2) is 12.3 Å². The number of carboxylic acids is 1. The maximum absolute atomic E-state index is 11.9. The van der Waals surface area contributed by atoms with Gasteiger partial charge in [0.25, 0.3) is 5.91 Å². The highest BCUT2D eigenvalue weighted by Crippen LogP contribution is 2.24. The fourth-order valence-corrected chi connectivity index (χ4v) is 2.25. The van der Waals surface area contributed by atoms with Gasteiger partial charge in [-0.25, -0.2) is 4.79 Å². The molecule has 7 nitrogen and oxygen atoms in total. The van der Waals surface area contributed by atoms with Crippen LogP contribution in [0.4, 0.5) is 5.00 Å². The number of anilines is 1. The molecule has 0 saturated heterocycles. The van der Waals surface area contributed by atoms with E-state index in [1.807, 2.05) is 0 Å². The first kappa shape index (κ1) is 12.2. The number of hydrogen-bond donors (Lipinski definition) is 2. The number of aromatic carboxylic acids is 1. The lowest BCUT2D eigenvalue weighted by Crippen LogP contribution is -2.17. The summed E-state index contributed by atoms with van der Waals surface area (Å²) in [5.41, 5.74) is 0.751. The zero-order chi connectivity index (χ0) is 13.3. The molecule has 1 amide bonds. The molecule has 0 spiro atoms. The van der Waals surface area contributed by atoms with Crippen LogP contribution in [0, 0.1) is 6.92 Å². The molecule has 2 heterocycles. The van der Waals surface area contributed by atoms with Crippen molar-refractivity contribution in [2.24, 2.45) is 7.05 Å². The van der Waals surface area contributed by atoms with E-state index in [0.717, 1.165) is 11.5 Å². The van der Waals surface area contributed by atoms with Crippen LogP contribution < -0.4 is 5.32 Å². The number of nitrogens with one attached hydrogen (secondary N) is 1. The summed E-state index contributed by atoms with van der Waals surface area (Å²) in [6.07, 6.45) is 1.49. The van der Waals surface area contributed by atoms with Crippen molar-refractivity contribution in [3.05, 3.63) is 29.2 Å². The van der Waals surface area contributed by atoms with Gasteiger partial charge in [0.05, 0.1) is 5.69 Å². The predicted octanol–water partition coefficient (Wildman–Crippen LogP) is 1.14. The highest BCUT2D eigenvalue weighted by atomic mass is 32.1. The molecule has 94 valence electrons. The van der Waals surface area contributed by atoms with Crippen molar-refractivity contribution in [2.45, 2.75) is 6.92 Å². The average Bonchev–Trinajstić information content (AvgIpc) is 2.85. The zero-order valence-electron chi connectivity index (χ0n) is 9.67. The third-order valence-corrected chi connectivity index (χ3v) is 3.21. The second-order valence-corrected chi connectivity index (χ2v) is 4.34. The van der Waals surface area contributed by atoms with Crippen LogP contribution >= 0.6 is 11.5 Å². The van der Waals surface area contributed by atoms with Crippen LogP contribution in [0.3, 0.4) is 0 Å². The summed E-state index contributed by atoms with van der Waals surface area (Å²) in [5.74, 6) is -1.53. The van der Waals surface area contributed by atoms with Gasteiger partial charge in [-0.3, -0.25) is 9.48 Å². The Kier molecular flexibility index (Phi) is 3.11. The summed E-state index contributed by atoms with van der Waals surface area (Å²) in [4.78, 5) is 22.9. The topological polar surface area (TPSA) is 97.1 Å². The van der Waals surface area contributed by atoms with Gasteiger partial charge < -0.3 is 10.4 Å². The Labute approximate surface area is 106 Å². The van der Waals surface area contributed by atoms with Crippen LogP contribution in [-0.4, -0.2) is 31.1 Å². The number of carbonyl (C=O) groups is 2. The van der Waals surface area contributed by atoms with Gasteiger partial charge in [-0.1, -0.05) is 0 Å². The molecular weight excluding hydrogens is 256 g/mol. The Morgan fingerprint density at radius 3 is 2.78 bits per heavy atom. The second kappa shape index (κ2) is 4.57. The van der Waals surface area contributed by atoms with Crippen LogP contribution in [0.25, 0.3) is 0 Å².